The van der Waals surface area contributed by atoms with Crippen LogP contribution in [0.3, 0.4) is 0 Å². The van der Waals surface area contributed by atoms with Gasteiger partial charge in [0.15, 0.2) is 18.2 Å². The van der Waals surface area contributed by atoms with E-state index < -0.39 is 12.2 Å². The van der Waals surface area contributed by atoms with Crippen molar-refractivity contribution < 1.29 is 9.59 Å². The lowest BCUT2D eigenvalue weighted by Crippen LogP contribution is -2.65. The first-order valence-corrected chi connectivity index (χ1v) is 11.8. The average molecular weight is 449 g/mol. The van der Waals surface area contributed by atoms with Gasteiger partial charge in [-0.05, 0) is 22.3 Å². The molecule has 3 amide bonds. The van der Waals surface area contributed by atoms with Gasteiger partial charge in [-0.25, -0.2) is 9.79 Å². The molecule has 3 aliphatic heterocycles. The summed E-state index contributed by atoms with van der Waals surface area (Å²) in [7, 11) is 1.71. The minimum Gasteiger partial charge on any atom is -0.340 e. The number of fused-ring (bicyclic) bond motifs is 2. The number of hydrogen-bond donors (Lipinski definition) is 1. The Morgan fingerprint density at radius 3 is 2.52 bits per heavy atom. The molecule has 8 heteroatoms. The Morgan fingerprint density at radius 1 is 1.03 bits per heavy atom. The Kier molecular flexibility index (Phi) is 5.70. The second-order valence-electron chi connectivity index (χ2n) is 9.64. The minimum atomic E-state index is -0.464. The largest absolute Gasteiger partial charge is 0.340 e. The van der Waals surface area contributed by atoms with Crippen LogP contribution in [0.1, 0.15) is 19.4 Å². The molecule has 2 fully saturated rings. The molecule has 0 saturated carbocycles. The predicted molar refractivity (Wildman–Crippen MR) is 129 cm³/mol. The van der Waals surface area contributed by atoms with E-state index in [2.05, 4.69) is 76.3 Å². The van der Waals surface area contributed by atoms with Crippen LogP contribution in [-0.2, 0) is 11.3 Å². The second-order valence-corrected chi connectivity index (χ2v) is 9.64. The quantitative estimate of drug-likeness (QED) is 0.776. The number of nitrogens with one attached hydrogen (secondary N) is 1. The van der Waals surface area contributed by atoms with E-state index in [1.165, 1.54) is 16.3 Å². The Bertz CT molecular complexity index is 1090. The molecular weight excluding hydrogens is 416 g/mol. The molecule has 2 aromatic carbocycles. The van der Waals surface area contributed by atoms with Gasteiger partial charge in [-0.3, -0.25) is 15.0 Å². The Morgan fingerprint density at radius 2 is 1.76 bits per heavy atom. The van der Waals surface area contributed by atoms with Gasteiger partial charge < -0.3 is 14.7 Å². The summed E-state index contributed by atoms with van der Waals surface area (Å²) >= 11 is 0. The van der Waals surface area contributed by atoms with Crippen LogP contribution in [0.4, 0.5) is 4.79 Å². The van der Waals surface area contributed by atoms with E-state index in [1.807, 2.05) is 0 Å². The van der Waals surface area contributed by atoms with Crippen LogP contribution in [0.5, 0.6) is 0 Å². The summed E-state index contributed by atoms with van der Waals surface area (Å²) in [6.07, 6.45) is -0.464. The molecule has 33 heavy (non-hydrogen) atoms. The third-order valence-electron chi connectivity index (χ3n) is 6.83. The normalized spacial score (nSPS) is 23.9. The van der Waals surface area contributed by atoms with Crippen LogP contribution in [0.15, 0.2) is 47.5 Å². The van der Waals surface area contributed by atoms with E-state index in [0.717, 1.165) is 45.2 Å². The molecule has 0 bridgehead atoms. The predicted octanol–water partition coefficient (Wildman–Crippen LogP) is 2.16. The number of carbonyl (C=O) groups excluding carboxylic acids is 2. The smallest absolute Gasteiger partial charge is 0.325 e. The van der Waals surface area contributed by atoms with Crippen molar-refractivity contribution in [3.05, 3.63) is 48.0 Å². The van der Waals surface area contributed by atoms with Crippen molar-refractivity contribution in [2.24, 2.45) is 10.9 Å². The highest BCUT2D eigenvalue weighted by atomic mass is 16.2. The summed E-state index contributed by atoms with van der Waals surface area (Å²) in [5.41, 5.74) is 1.35. The lowest BCUT2D eigenvalue weighted by molar-refractivity contribution is -0.127. The number of carbonyl (C=O) groups is 2. The summed E-state index contributed by atoms with van der Waals surface area (Å²) in [5, 5.41) is 5.07. The van der Waals surface area contributed by atoms with Crippen molar-refractivity contribution in [1.29, 1.82) is 0 Å². The fraction of sp³-hybridized carbons (Fsp3) is 0.480. The SMILES string of the molecule is CC(C)CN1C(N2CCN(Cc3cccc4ccccc34)CC2)=NC2C1C(=O)NC(=O)N2C. The van der Waals surface area contributed by atoms with Crippen molar-refractivity contribution in [3.8, 4) is 0 Å². The standard InChI is InChI=1S/C25H32N6O2/c1-17(2)15-31-21-22(28(3)25(33)27-23(21)32)26-24(31)30-13-11-29(12-14-30)16-19-9-6-8-18-7-4-5-10-20(18)19/h4-10,17,21-22H,11-16H2,1-3H3,(H,27,32,33). The molecule has 0 aromatic heterocycles. The first-order chi connectivity index (χ1) is 15.9. The van der Waals surface area contributed by atoms with E-state index in [0.29, 0.717) is 5.92 Å². The number of urea groups is 1. The maximum Gasteiger partial charge on any atom is 0.325 e. The van der Waals surface area contributed by atoms with Gasteiger partial charge >= 0.3 is 6.03 Å². The third-order valence-corrected chi connectivity index (χ3v) is 6.83. The van der Waals surface area contributed by atoms with Gasteiger partial charge in [0.05, 0.1) is 0 Å². The van der Waals surface area contributed by atoms with Crippen molar-refractivity contribution in [2.75, 3.05) is 39.8 Å². The lowest BCUT2D eigenvalue weighted by Gasteiger charge is -2.41. The fourth-order valence-corrected chi connectivity index (χ4v) is 5.14. The number of likely N-dealkylation sites (N-methyl/N-ethyl adjacent to an activating group) is 1. The number of amides is 3. The monoisotopic (exact) mass is 448 g/mol. The fourth-order valence-electron chi connectivity index (χ4n) is 5.14. The summed E-state index contributed by atoms with van der Waals surface area (Å²) < 4.78 is 0. The van der Waals surface area contributed by atoms with E-state index in [9.17, 15) is 9.59 Å². The number of guanidine groups is 1. The van der Waals surface area contributed by atoms with Crippen molar-refractivity contribution in [2.45, 2.75) is 32.6 Å². The van der Waals surface area contributed by atoms with Crippen LogP contribution in [0, 0.1) is 5.92 Å². The van der Waals surface area contributed by atoms with Crippen LogP contribution >= 0.6 is 0 Å². The molecule has 8 nitrogen and oxygen atoms in total. The molecular formula is C25H32N6O2. The van der Waals surface area contributed by atoms with Gasteiger partial charge in [0.25, 0.3) is 5.91 Å². The van der Waals surface area contributed by atoms with Gasteiger partial charge in [0.1, 0.15) is 0 Å². The highest BCUT2D eigenvalue weighted by molar-refractivity contribution is 6.03. The van der Waals surface area contributed by atoms with Gasteiger partial charge in [-0.15, -0.1) is 0 Å². The number of benzene rings is 2. The summed E-state index contributed by atoms with van der Waals surface area (Å²) in [6.45, 7) is 9.47. The van der Waals surface area contributed by atoms with Gasteiger partial charge in [-0.2, -0.15) is 0 Å². The molecule has 5 rings (SSSR count). The number of hydrogen-bond acceptors (Lipinski definition) is 6. The summed E-state index contributed by atoms with van der Waals surface area (Å²) in [4.78, 5) is 38.2. The van der Waals surface area contributed by atoms with Crippen molar-refractivity contribution in [1.82, 2.24) is 24.9 Å². The molecule has 0 radical (unpaired) electrons. The van der Waals surface area contributed by atoms with Gasteiger partial charge in [0.2, 0.25) is 0 Å². The van der Waals surface area contributed by atoms with Crippen LogP contribution in [-0.4, -0.2) is 89.5 Å². The number of rotatable bonds is 4. The lowest BCUT2D eigenvalue weighted by atomic mass is 10.0. The molecule has 174 valence electrons. The maximum absolute atomic E-state index is 12.7. The first-order valence-electron chi connectivity index (χ1n) is 11.8. The van der Waals surface area contributed by atoms with Crippen LogP contribution in [0.25, 0.3) is 10.8 Å². The number of nitrogens with zero attached hydrogens (tertiary/aromatic N) is 5. The third kappa shape index (κ3) is 4.04. The van der Waals surface area contributed by atoms with E-state index in [-0.39, 0.29) is 11.9 Å². The molecule has 0 spiro atoms. The van der Waals surface area contributed by atoms with Crippen LogP contribution < -0.4 is 5.32 Å². The molecule has 2 saturated heterocycles. The second kappa shape index (κ2) is 8.67. The number of piperazine rings is 1. The highest BCUT2D eigenvalue weighted by Gasteiger charge is 2.49. The molecule has 1 N–H and O–H groups in total. The van der Waals surface area contributed by atoms with Crippen LogP contribution in [0.2, 0.25) is 0 Å². The number of aliphatic imine (C=N–C) groups is 1. The molecule has 3 aliphatic rings. The summed E-state index contributed by atoms with van der Waals surface area (Å²) in [5.74, 6) is 0.967. The molecule has 2 unspecified atom stereocenters. The Balaban J connectivity index is 1.31. The average Bonchev–Trinajstić information content (AvgIpc) is 3.17. The zero-order valence-corrected chi connectivity index (χ0v) is 19.6. The van der Waals surface area contributed by atoms with Crippen molar-refractivity contribution >= 4 is 28.7 Å². The first kappa shape index (κ1) is 21.7. The zero-order chi connectivity index (χ0) is 23.1. The topological polar surface area (TPSA) is 71.5 Å². The van der Waals surface area contributed by atoms with E-state index in [4.69, 9.17) is 4.99 Å². The van der Waals surface area contributed by atoms with Gasteiger partial charge in [-0.1, -0.05) is 56.3 Å². The van der Waals surface area contributed by atoms with E-state index in [1.54, 1.807) is 11.9 Å². The molecule has 3 heterocycles. The minimum absolute atomic E-state index is 0.253. The maximum atomic E-state index is 12.7. The molecule has 0 aliphatic carbocycles. The zero-order valence-electron chi connectivity index (χ0n) is 19.6. The number of imide groups is 1. The highest BCUT2D eigenvalue weighted by Crippen LogP contribution is 2.27. The van der Waals surface area contributed by atoms with Gasteiger partial charge in [0, 0.05) is 46.3 Å². The molecule has 2 aromatic rings. The summed E-state index contributed by atoms with van der Waals surface area (Å²) in [6, 6.07) is 14.2. The Labute approximate surface area is 194 Å². The Hall–Kier alpha value is -3.13. The molecule has 2 atom stereocenters. The van der Waals surface area contributed by atoms with E-state index >= 15 is 0 Å². The van der Waals surface area contributed by atoms with Crippen molar-refractivity contribution in [3.63, 3.8) is 0 Å².